The van der Waals surface area contributed by atoms with Gasteiger partial charge < -0.3 is 9.15 Å². The zero-order valence-electron chi connectivity index (χ0n) is 20.5. The molecule has 3 aromatic rings. The van der Waals surface area contributed by atoms with E-state index in [0.717, 1.165) is 17.7 Å². The minimum absolute atomic E-state index is 0.0893. The van der Waals surface area contributed by atoms with Gasteiger partial charge in [-0.1, -0.05) is 29.8 Å². The molecule has 10 nitrogen and oxygen atoms in total. The highest BCUT2D eigenvalue weighted by Crippen LogP contribution is 2.57. The van der Waals surface area contributed by atoms with Gasteiger partial charge in [0.1, 0.15) is 28.7 Å². The quantitative estimate of drug-likeness (QED) is 0.230. The van der Waals surface area contributed by atoms with Gasteiger partial charge in [0.25, 0.3) is 6.04 Å². The van der Waals surface area contributed by atoms with E-state index in [0.29, 0.717) is 12.1 Å². The Hall–Kier alpha value is -4.17. The normalized spacial score (nSPS) is 24.6. The monoisotopic (exact) mass is 572 g/mol. The Morgan fingerprint density at radius 2 is 1.90 bits per heavy atom. The van der Waals surface area contributed by atoms with Crippen LogP contribution in [0, 0.1) is 38.2 Å². The number of nitriles is 2. The van der Waals surface area contributed by atoms with Crippen molar-refractivity contribution in [2.45, 2.75) is 37.1 Å². The molecule has 2 aliphatic rings. The molecule has 2 aromatic heterocycles. The Labute approximate surface area is 230 Å². The molecule has 40 heavy (non-hydrogen) atoms. The molecule has 4 heterocycles. The summed E-state index contributed by atoms with van der Waals surface area (Å²) in [5, 5.41) is 34.1. The maximum Gasteiger partial charge on any atom is 0.573 e. The predicted molar refractivity (Wildman–Crippen MR) is 132 cm³/mol. The molecule has 0 radical (unpaired) electrons. The van der Waals surface area contributed by atoms with Gasteiger partial charge in [0, 0.05) is 30.8 Å². The SMILES string of the molecule is N#CC1(C#N)C(c2ccco2)C([N+](=O)[O-])C2N(Cc3ccc(Cl)nc3)CCN2C1c1ccc(OC(F)(F)F)cc1. The van der Waals surface area contributed by atoms with E-state index in [1.807, 2.05) is 4.90 Å². The molecule has 0 aliphatic carbocycles. The van der Waals surface area contributed by atoms with Crippen molar-refractivity contribution < 1.29 is 27.2 Å². The fraction of sp³-hybridized carbons (Fsp3) is 0.346. The molecule has 2 saturated heterocycles. The number of hydrogen-bond donors (Lipinski definition) is 0. The van der Waals surface area contributed by atoms with Gasteiger partial charge in [-0.25, -0.2) is 4.98 Å². The molecule has 5 rings (SSSR count). The summed E-state index contributed by atoms with van der Waals surface area (Å²) < 4.78 is 47.9. The summed E-state index contributed by atoms with van der Waals surface area (Å²) >= 11 is 5.91. The van der Waals surface area contributed by atoms with Crippen molar-refractivity contribution in [1.29, 1.82) is 10.5 Å². The first-order valence-electron chi connectivity index (χ1n) is 12.0. The van der Waals surface area contributed by atoms with Crippen LogP contribution in [0.5, 0.6) is 5.75 Å². The highest BCUT2D eigenvalue weighted by atomic mass is 35.5. The van der Waals surface area contributed by atoms with Crippen LogP contribution < -0.4 is 4.74 Å². The van der Waals surface area contributed by atoms with E-state index in [4.69, 9.17) is 16.0 Å². The Balaban J connectivity index is 1.65. The predicted octanol–water partition coefficient (Wildman–Crippen LogP) is 4.89. The van der Waals surface area contributed by atoms with E-state index in [9.17, 15) is 33.8 Å². The smallest absolute Gasteiger partial charge is 0.469 e. The van der Waals surface area contributed by atoms with E-state index in [1.165, 1.54) is 30.5 Å². The molecule has 0 saturated carbocycles. The molecule has 1 aromatic carbocycles. The lowest BCUT2D eigenvalue weighted by Crippen LogP contribution is -2.64. The van der Waals surface area contributed by atoms with Crippen LogP contribution in [0.3, 0.4) is 0 Å². The third kappa shape index (κ3) is 4.84. The van der Waals surface area contributed by atoms with Crippen molar-refractivity contribution in [3.05, 3.63) is 93.1 Å². The minimum Gasteiger partial charge on any atom is -0.469 e. The highest BCUT2D eigenvalue weighted by Gasteiger charge is 2.68. The number of nitrogens with zero attached hydrogens (tertiary/aromatic N) is 6. The first-order valence-corrected chi connectivity index (χ1v) is 12.4. The molecule has 14 heteroatoms. The van der Waals surface area contributed by atoms with Crippen molar-refractivity contribution in [2.24, 2.45) is 5.41 Å². The summed E-state index contributed by atoms with van der Waals surface area (Å²) in [6, 6.07) is 12.8. The van der Waals surface area contributed by atoms with Gasteiger partial charge in [0.05, 0.1) is 24.4 Å². The minimum atomic E-state index is -4.91. The van der Waals surface area contributed by atoms with Gasteiger partial charge in [-0.15, -0.1) is 13.2 Å². The van der Waals surface area contributed by atoms with Crippen LogP contribution in [-0.4, -0.2) is 51.4 Å². The first kappa shape index (κ1) is 27.4. The molecule has 4 atom stereocenters. The van der Waals surface area contributed by atoms with Gasteiger partial charge >= 0.3 is 6.36 Å². The fourth-order valence-electron chi connectivity index (χ4n) is 5.88. The molecular weight excluding hydrogens is 553 g/mol. The molecule has 2 fully saturated rings. The van der Waals surface area contributed by atoms with Crippen LogP contribution in [0.1, 0.15) is 28.8 Å². The number of nitro groups is 1. The molecule has 0 amide bonds. The largest absolute Gasteiger partial charge is 0.573 e. The summed E-state index contributed by atoms with van der Waals surface area (Å²) in [5.41, 5.74) is -0.961. The van der Waals surface area contributed by atoms with E-state index in [2.05, 4.69) is 21.9 Å². The van der Waals surface area contributed by atoms with Crippen LogP contribution in [0.15, 0.2) is 65.4 Å². The van der Waals surface area contributed by atoms with Crippen LogP contribution in [-0.2, 0) is 6.54 Å². The van der Waals surface area contributed by atoms with Crippen molar-refractivity contribution in [3.63, 3.8) is 0 Å². The zero-order chi connectivity index (χ0) is 28.7. The zero-order valence-corrected chi connectivity index (χ0v) is 21.3. The highest BCUT2D eigenvalue weighted by molar-refractivity contribution is 6.29. The van der Waals surface area contributed by atoms with E-state index < -0.39 is 46.6 Å². The molecule has 0 spiro atoms. The van der Waals surface area contributed by atoms with Crippen LogP contribution in [0.25, 0.3) is 0 Å². The van der Waals surface area contributed by atoms with Crippen LogP contribution in [0.4, 0.5) is 13.2 Å². The second kappa shape index (κ2) is 10.4. The number of halogens is 4. The molecular formula is C26H20ClF3N6O4. The number of alkyl halides is 3. The number of rotatable bonds is 6. The average molecular weight is 573 g/mol. The summed E-state index contributed by atoms with van der Waals surface area (Å²) in [7, 11) is 0. The van der Waals surface area contributed by atoms with Crippen molar-refractivity contribution in [3.8, 4) is 17.9 Å². The molecule has 0 bridgehead atoms. The lowest BCUT2D eigenvalue weighted by atomic mass is 9.62. The topological polar surface area (TPSA) is 132 Å². The van der Waals surface area contributed by atoms with Crippen molar-refractivity contribution >= 4 is 11.6 Å². The van der Waals surface area contributed by atoms with E-state index in [1.54, 1.807) is 23.2 Å². The van der Waals surface area contributed by atoms with Gasteiger partial charge in [0.15, 0.2) is 5.41 Å². The lowest BCUT2D eigenvalue weighted by Gasteiger charge is -2.50. The Morgan fingerprint density at radius 3 is 2.45 bits per heavy atom. The molecule has 0 N–H and O–H groups in total. The van der Waals surface area contributed by atoms with Gasteiger partial charge in [-0.05, 0) is 41.5 Å². The standard InChI is InChI=1S/C26H20ClF3N6O4/c27-20-8-3-16(12-33-20)13-34-9-10-35-23(17-4-6-18(7-5-17)40-26(28,29)30)25(14-31,15-32)21(19-2-1-11-39-19)22(24(34)35)36(37)38/h1-8,11-12,21-24H,9-10,13H2. The Bertz CT molecular complexity index is 1440. The first-order chi connectivity index (χ1) is 19.1. The van der Waals surface area contributed by atoms with Gasteiger partial charge in [0.2, 0.25) is 0 Å². The third-order valence-corrected chi connectivity index (χ3v) is 7.55. The maximum absolute atomic E-state index is 12.8. The number of pyridine rings is 1. The number of ether oxygens (including phenoxy) is 1. The lowest BCUT2D eigenvalue weighted by molar-refractivity contribution is -0.547. The molecule has 2 aliphatic heterocycles. The fourth-order valence-corrected chi connectivity index (χ4v) is 5.99. The molecule has 206 valence electrons. The maximum atomic E-state index is 12.8. The van der Waals surface area contributed by atoms with Crippen molar-refractivity contribution in [1.82, 2.24) is 14.8 Å². The second-order valence-corrected chi connectivity index (χ2v) is 9.88. The van der Waals surface area contributed by atoms with Crippen molar-refractivity contribution in [2.75, 3.05) is 13.1 Å². The number of fused-ring (bicyclic) bond motifs is 1. The summed E-state index contributed by atoms with van der Waals surface area (Å²) in [6.45, 7) is 0.858. The number of benzene rings is 1. The molecule has 4 unspecified atom stereocenters. The number of hydrogen-bond acceptors (Lipinski definition) is 9. The van der Waals surface area contributed by atoms with Gasteiger partial charge in [-0.2, -0.15) is 10.5 Å². The second-order valence-electron chi connectivity index (χ2n) is 9.49. The average Bonchev–Trinajstić information content (AvgIpc) is 3.58. The van der Waals surface area contributed by atoms with E-state index in [-0.39, 0.29) is 24.0 Å². The van der Waals surface area contributed by atoms with Crippen LogP contribution >= 0.6 is 11.6 Å². The summed E-state index contributed by atoms with van der Waals surface area (Å²) in [4.78, 5) is 19.9. The summed E-state index contributed by atoms with van der Waals surface area (Å²) in [5.74, 6) is -1.70. The Kier molecular flexibility index (Phi) is 7.14. The van der Waals surface area contributed by atoms with Crippen LogP contribution in [0.2, 0.25) is 5.15 Å². The summed E-state index contributed by atoms with van der Waals surface area (Å²) in [6.07, 6.45) is -2.94. The van der Waals surface area contributed by atoms with Gasteiger partial charge in [-0.3, -0.25) is 19.9 Å². The third-order valence-electron chi connectivity index (χ3n) is 7.33. The number of piperidine rings is 1. The number of furan rings is 1. The van der Waals surface area contributed by atoms with E-state index >= 15 is 0 Å². The number of aromatic nitrogens is 1. The Morgan fingerprint density at radius 1 is 1.18 bits per heavy atom.